The molecule has 2 nitrogen and oxygen atoms in total. The largest absolute Gasteiger partial charge is 0.504 e. The van der Waals surface area contributed by atoms with Crippen LogP contribution in [-0.4, -0.2) is 10.2 Å². The molecule has 0 heterocycles. The quantitative estimate of drug-likeness (QED) is 0.432. The first-order chi connectivity index (χ1) is 12.2. The summed E-state index contributed by atoms with van der Waals surface area (Å²) in [6.07, 6.45) is 5.25. The van der Waals surface area contributed by atoms with Crippen LogP contribution in [0.25, 0.3) is 11.1 Å². The maximum Gasteiger partial charge on any atom is 0.165 e. The molecule has 0 radical (unpaired) electrons. The first-order valence-corrected chi connectivity index (χ1v) is 8.82. The molecule has 0 bridgehead atoms. The summed E-state index contributed by atoms with van der Waals surface area (Å²) in [5.41, 5.74) is 3.01. The molecule has 0 aliphatic heterocycles. The minimum absolute atomic E-state index is 0.0706. The van der Waals surface area contributed by atoms with E-state index in [2.05, 4.69) is 37.3 Å². The van der Waals surface area contributed by atoms with E-state index in [-0.39, 0.29) is 11.5 Å². The van der Waals surface area contributed by atoms with Crippen molar-refractivity contribution in [3.05, 3.63) is 84.4 Å². The van der Waals surface area contributed by atoms with Gasteiger partial charge in [-0.05, 0) is 30.0 Å². The molecule has 0 fully saturated rings. The van der Waals surface area contributed by atoms with Gasteiger partial charge < -0.3 is 10.2 Å². The third-order valence-electron chi connectivity index (χ3n) is 4.01. The van der Waals surface area contributed by atoms with Crippen LogP contribution in [0.5, 0.6) is 11.5 Å². The van der Waals surface area contributed by atoms with Crippen molar-refractivity contribution in [1.29, 1.82) is 0 Å². The van der Waals surface area contributed by atoms with Gasteiger partial charge in [-0.2, -0.15) is 0 Å². The number of benzene rings is 3. The van der Waals surface area contributed by atoms with E-state index in [1.807, 2.05) is 30.3 Å². The Bertz CT molecular complexity index is 737. The molecule has 2 heteroatoms. The van der Waals surface area contributed by atoms with E-state index in [0.29, 0.717) is 5.56 Å². The monoisotopic (exact) mass is 334 g/mol. The highest BCUT2D eigenvalue weighted by Crippen LogP contribution is 2.35. The highest BCUT2D eigenvalue weighted by Gasteiger charge is 2.06. The van der Waals surface area contributed by atoms with Gasteiger partial charge in [0, 0.05) is 5.56 Å². The zero-order chi connectivity index (χ0) is 17.9. The fourth-order valence-corrected chi connectivity index (χ4v) is 2.61. The van der Waals surface area contributed by atoms with Crippen molar-refractivity contribution < 1.29 is 10.2 Å². The van der Waals surface area contributed by atoms with Gasteiger partial charge in [0.25, 0.3) is 0 Å². The summed E-state index contributed by atoms with van der Waals surface area (Å²) < 4.78 is 0. The Morgan fingerprint density at radius 3 is 1.96 bits per heavy atom. The van der Waals surface area contributed by atoms with Crippen molar-refractivity contribution in [2.45, 2.75) is 32.6 Å². The summed E-state index contributed by atoms with van der Waals surface area (Å²) in [6.45, 7) is 2.24. The van der Waals surface area contributed by atoms with Crippen LogP contribution in [-0.2, 0) is 6.42 Å². The second-order valence-corrected chi connectivity index (χ2v) is 5.98. The molecule has 3 aromatic carbocycles. The number of hydrogen-bond acceptors (Lipinski definition) is 2. The summed E-state index contributed by atoms with van der Waals surface area (Å²) in [7, 11) is 0. The number of aryl methyl sites for hydroxylation is 1. The molecule has 0 atom stereocenters. The lowest BCUT2D eigenvalue weighted by Crippen LogP contribution is -1.83. The minimum atomic E-state index is -0.0913. The predicted octanol–water partition coefficient (Wildman–Crippen LogP) is 6.18. The van der Waals surface area contributed by atoms with E-state index in [0.717, 1.165) is 5.56 Å². The lowest BCUT2D eigenvalue weighted by molar-refractivity contribution is 0.405. The Balaban J connectivity index is 0.000000186. The van der Waals surface area contributed by atoms with Crippen molar-refractivity contribution in [3.63, 3.8) is 0 Å². The minimum Gasteiger partial charge on any atom is -0.504 e. The highest BCUT2D eigenvalue weighted by molar-refractivity contribution is 5.72. The molecule has 25 heavy (non-hydrogen) atoms. The molecule has 2 N–H and O–H groups in total. The summed E-state index contributed by atoms with van der Waals surface area (Å²) in [5.74, 6) is -0.162. The van der Waals surface area contributed by atoms with E-state index in [9.17, 15) is 10.2 Å². The van der Waals surface area contributed by atoms with E-state index in [1.165, 1.54) is 37.3 Å². The van der Waals surface area contributed by atoms with Crippen LogP contribution in [0.1, 0.15) is 31.7 Å². The number of hydrogen-bond donors (Lipinski definition) is 2. The zero-order valence-corrected chi connectivity index (χ0v) is 14.7. The van der Waals surface area contributed by atoms with Gasteiger partial charge in [0.1, 0.15) is 0 Å². The van der Waals surface area contributed by atoms with E-state index >= 15 is 0 Å². The average molecular weight is 334 g/mol. The maximum absolute atomic E-state index is 9.60. The standard InChI is InChI=1S/C12H10O2.C11H16/c13-11-8-4-7-10(12(11)14)9-5-2-1-3-6-9;1-2-3-5-8-11-9-6-4-7-10-11/h1-8,13-14H;4,6-7,9-10H,2-3,5,8H2,1H3. The average Bonchev–Trinajstić information content (AvgIpc) is 2.66. The number of unbranched alkanes of at least 4 members (excludes halogenated alkanes) is 2. The van der Waals surface area contributed by atoms with Gasteiger partial charge in [-0.15, -0.1) is 0 Å². The van der Waals surface area contributed by atoms with Gasteiger partial charge in [-0.25, -0.2) is 0 Å². The number of phenols is 2. The Kier molecular flexibility index (Phi) is 7.58. The molecule has 0 amide bonds. The second-order valence-electron chi connectivity index (χ2n) is 5.98. The van der Waals surface area contributed by atoms with Crippen LogP contribution < -0.4 is 0 Å². The van der Waals surface area contributed by atoms with Gasteiger partial charge in [0.15, 0.2) is 11.5 Å². The van der Waals surface area contributed by atoms with Gasteiger partial charge in [0.2, 0.25) is 0 Å². The van der Waals surface area contributed by atoms with Crippen LogP contribution in [0, 0.1) is 0 Å². The first kappa shape index (κ1) is 18.6. The summed E-state index contributed by atoms with van der Waals surface area (Å²) in [4.78, 5) is 0. The van der Waals surface area contributed by atoms with Crippen molar-refractivity contribution in [2.24, 2.45) is 0 Å². The Morgan fingerprint density at radius 2 is 1.32 bits per heavy atom. The fourth-order valence-electron chi connectivity index (χ4n) is 2.61. The number of para-hydroxylation sites is 1. The molecule has 3 rings (SSSR count). The molecule has 130 valence electrons. The van der Waals surface area contributed by atoms with Gasteiger partial charge in [-0.1, -0.05) is 92.6 Å². The van der Waals surface area contributed by atoms with Crippen molar-refractivity contribution in [3.8, 4) is 22.6 Å². The summed E-state index contributed by atoms with van der Waals surface area (Å²) >= 11 is 0. The maximum atomic E-state index is 9.60. The Morgan fingerprint density at radius 1 is 0.680 bits per heavy atom. The second kappa shape index (κ2) is 10.2. The molecule has 0 aliphatic carbocycles. The molecular weight excluding hydrogens is 308 g/mol. The van der Waals surface area contributed by atoms with Gasteiger partial charge in [0.05, 0.1) is 0 Å². The highest BCUT2D eigenvalue weighted by atomic mass is 16.3. The van der Waals surface area contributed by atoms with Crippen molar-refractivity contribution in [2.75, 3.05) is 0 Å². The van der Waals surface area contributed by atoms with E-state index in [4.69, 9.17) is 0 Å². The molecular formula is C23H26O2. The SMILES string of the molecule is CCCCCc1ccccc1.Oc1cccc(-c2ccccc2)c1O. The van der Waals surface area contributed by atoms with Gasteiger partial charge in [-0.3, -0.25) is 0 Å². The molecule has 0 aromatic heterocycles. The zero-order valence-electron chi connectivity index (χ0n) is 14.7. The summed E-state index contributed by atoms with van der Waals surface area (Å²) in [6, 6.07) is 25.1. The molecule has 3 aromatic rings. The van der Waals surface area contributed by atoms with Crippen LogP contribution in [0.15, 0.2) is 78.9 Å². The number of aromatic hydroxyl groups is 2. The van der Waals surface area contributed by atoms with Crippen molar-refractivity contribution >= 4 is 0 Å². The Labute approximate surface area is 150 Å². The van der Waals surface area contributed by atoms with E-state index in [1.54, 1.807) is 12.1 Å². The number of rotatable bonds is 5. The van der Waals surface area contributed by atoms with Gasteiger partial charge >= 0.3 is 0 Å². The predicted molar refractivity (Wildman–Crippen MR) is 105 cm³/mol. The molecule has 0 unspecified atom stereocenters. The lowest BCUT2D eigenvalue weighted by atomic mass is 10.0. The van der Waals surface area contributed by atoms with Crippen LogP contribution in [0.2, 0.25) is 0 Å². The van der Waals surface area contributed by atoms with Crippen LogP contribution in [0.3, 0.4) is 0 Å². The molecule has 0 saturated carbocycles. The third-order valence-corrected chi connectivity index (χ3v) is 4.01. The molecule has 0 aliphatic rings. The van der Waals surface area contributed by atoms with Crippen LogP contribution >= 0.6 is 0 Å². The summed E-state index contributed by atoms with van der Waals surface area (Å²) in [5, 5.41) is 18.9. The molecule has 0 spiro atoms. The van der Waals surface area contributed by atoms with Crippen molar-refractivity contribution in [1.82, 2.24) is 0 Å². The fraction of sp³-hybridized carbons (Fsp3) is 0.217. The smallest absolute Gasteiger partial charge is 0.165 e. The number of phenolic OH excluding ortho intramolecular Hbond substituents is 2. The molecule has 0 saturated heterocycles. The normalized spacial score (nSPS) is 9.96. The Hall–Kier alpha value is -2.74. The topological polar surface area (TPSA) is 40.5 Å². The van der Waals surface area contributed by atoms with E-state index < -0.39 is 0 Å². The van der Waals surface area contributed by atoms with Crippen LogP contribution in [0.4, 0.5) is 0 Å². The third kappa shape index (κ3) is 6.00. The lowest BCUT2D eigenvalue weighted by Gasteiger charge is -2.05. The first-order valence-electron chi connectivity index (χ1n) is 8.82.